The first kappa shape index (κ1) is 24.2. The number of nitrogens with zero attached hydrogens (tertiary/aromatic N) is 5. The Hall–Kier alpha value is -2.19. The molecule has 0 unspecified atom stereocenters. The number of ether oxygens (including phenoxy) is 2. The zero-order valence-electron chi connectivity index (χ0n) is 21.8. The lowest BCUT2D eigenvalue weighted by molar-refractivity contribution is 0.0289. The molecule has 0 aromatic carbocycles. The van der Waals surface area contributed by atoms with Crippen LogP contribution in [-0.2, 0) is 9.47 Å². The van der Waals surface area contributed by atoms with Gasteiger partial charge in [0, 0.05) is 38.6 Å². The molecule has 8 heteroatoms. The number of pyridine rings is 1. The van der Waals surface area contributed by atoms with Gasteiger partial charge in [-0.1, -0.05) is 25.7 Å². The Kier molecular flexibility index (Phi) is 7.15. The fraction of sp³-hybridized carbons (Fsp3) is 0.750. The van der Waals surface area contributed by atoms with Crippen molar-refractivity contribution >= 4 is 22.7 Å². The van der Waals surface area contributed by atoms with Crippen LogP contribution in [0.5, 0.6) is 0 Å². The van der Waals surface area contributed by atoms with Gasteiger partial charge in [0.1, 0.15) is 0 Å². The topological polar surface area (TPSA) is 72.7 Å². The number of piperidine rings is 1. The summed E-state index contributed by atoms with van der Waals surface area (Å²) in [5.41, 5.74) is 3.68. The molecule has 2 aromatic heterocycles. The van der Waals surface area contributed by atoms with Crippen LogP contribution in [0.3, 0.4) is 0 Å². The molecule has 4 heterocycles. The van der Waals surface area contributed by atoms with Crippen LogP contribution < -0.4 is 4.90 Å². The number of rotatable bonds is 6. The lowest BCUT2D eigenvalue weighted by Crippen LogP contribution is -2.43. The molecule has 0 N–H and O–H groups in total. The highest BCUT2D eigenvalue weighted by molar-refractivity contribution is 5.98. The number of hydrogen-bond acceptors (Lipinski definition) is 7. The second-order valence-corrected chi connectivity index (χ2v) is 11.3. The molecular formula is C28H41N5O3. The van der Waals surface area contributed by atoms with Crippen molar-refractivity contribution < 1.29 is 14.3 Å². The lowest BCUT2D eigenvalue weighted by atomic mass is 9.81. The number of carbonyl (C=O) groups excluding carboxylic acids is 1. The van der Waals surface area contributed by atoms with Gasteiger partial charge in [-0.2, -0.15) is 5.10 Å². The fourth-order valence-electron chi connectivity index (χ4n) is 6.65. The summed E-state index contributed by atoms with van der Waals surface area (Å²) in [5.74, 6) is 0.871. The number of anilines is 1. The molecule has 0 radical (unpaired) electrons. The third-order valence-corrected chi connectivity index (χ3v) is 9.05. The third kappa shape index (κ3) is 4.74. The smallest absolute Gasteiger partial charge is 0.356 e. The Bertz CT molecular complexity index is 1060. The fourth-order valence-corrected chi connectivity index (χ4v) is 6.65. The normalized spacial score (nSPS) is 23.2. The molecule has 0 atom stereocenters. The van der Waals surface area contributed by atoms with Gasteiger partial charge in [-0.25, -0.2) is 14.5 Å². The summed E-state index contributed by atoms with van der Waals surface area (Å²) >= 11 is 0. The molecule has 6 rings (SSSR count). The molecular weight excluding hydrogens is 454 g/mol. The minimum Gasteiger partial charge on any atom is -0.464 e. The lowest BCUT2D eigenvalue weighted by Gasteiger charge is -2.37. The predicted octanol–water partition coefficient (Wildman–Crippen LogP) is 4.54. The van der Waals surface area contributed by atoms with Crippen LogP contribution in [0.1, 0.15) is 92.4 Å². The number of hydrogen-bond donors (Lipinski definition) is 0. The summed E-state index contributed by atoms with van der Waals surface area (Å²) in [6.07, 6.45) is 12.1. The van der Waals surface area contributed by atoms with Crippen LogP contribution in [0, 0.1) is 5.92 Å². The highest BCUT2D eigenvalue weighted by atomic mass is 16.5. The summed E-state index contributed by atoms with van der Waals surface area (Å²) in [6.45, 7) is 7.01. The van der Waals surface area contributed by atoms with E-state index in [4.69, 9.17) is 19.6 Å². The minimum atomic E-state index is -0.359. The van der Waals surface area contributed by atoms with Crippen LogP contribution in [0.2, 0.25) is 0 Å². The number of morpholine rings is 1. The average Bonchev–Trinajstić information content (AvgIpc) is 3.27. The number of carbonyl (C=O) groups is 1. The van der Waals surface area contributed by atoms with Gasteiger partial charge in [-0.3, -0.25) is 4.90 Å². The highest BCUT2D eigenvalue weighted by Crippen LogP contribution is 2.44. The number of fused-ring (bicyclic) bond motifs is 1. The zero-order valence-corrected chi connectivity index (χ0v) is 21.8. The van der Waals surface area contributed by atoms with Crippen molar-refractivity contribution in [3.63, 3.8) is 0 Å². The minimum absolute atomic E-state index is 0.359. The predicted molar refractivity (Wildman–Crippen MR) is 140 cm³/mol. The standard InChI is InChI=1S/C28H41N5O3/c1-35-28(34)23-18-24(32-12-10-20(11-13-32)19-31-14-16-36-17-15-31)25-26(21-6-5-7-21)30-33(27(25)29-23)22-8-3-2-4-9-22/h18,20-22H,2-17,19H2,1H3. The van der Waals surface area contributed by atoms with Crippen molar-refractivity contribution in [3.8, 4) is 0 Å². The molecule has 196 valence electrons. The number of aromatic nitrogens is 3. The van der Waals surface area contributed by atoms with Crippen molar-refractivity contribution in [2.24, 2.45) is 5.92 Å². The summed E-state index contributed by atoms with van der Waals surface area (Å²) in [7, 11) is 1.45. The summed E-state index contributed by atoms with van der Waals surface area (Å²) in [4.78, 5) is 22.7. The van der Waals surface area contributed by atoms with Crippen LogP contribution in [0.4, 0.5) is 5.69 Å². The Morgan fingerprint density at radius 3 is 2.42 bits per heavy atom. The summed E-state index contributed by atoms with van der Waals surface area (Å²) in [6, 6.07) is 2.37. The van der Waals surface area contributed by atoms with Gasteiger partial charge in [-0.05, 0) is 50.5 Å². The van der Waals surface area contributed by atoms with Gasteiger partial charge in [0.2, 0.25) is 0 Å². The highest BCUT2D eigenvalue weighted by Gasteiger charge is 2.33. The first-order valence-electron chi connectivity index (χ1n) is 14.3. The second-order valence-electron chi connectivity index (χ2n) is 11.3. The molecule has 0 amide bonds. The number of methoxy groups -OCH3 is 1. The van der Waals surface area contributed by atoms with Crippen molar-refractivity contribution in [1.29, 1.82) is 0 Å². The van der Waals surface area contributed by atoms with Crippen LogP contribution >= 0.6 is 0 Å². The molecule has 2 aromatic rings. The quantitative estimate of drug-likeness (QED) is 0.545. The van der Waals surface area contributed by atoms with Gasteiger partial charge in [0.25, 0.3) is 0 Å². The summed E-state index contributed by atoms with van der Waals surface area (Å²) < 4.78 is 12.9. The Balaban J connectivity index is 1.34. The Labute approximate surface area is 214 Å². The molecule has 2 saturated carbocycles. The largest absolute Gasteiger partial charge is 0.464 e. The second kappa shape index (κ2) is 10.7. The van der Waals surface area contributed by atoms with Gasteiger partial charge >= 0.3 is 5.97 Å². The van der Waals surface area contributed by atoms with Gasteiger partial charge < -0.3 is 14.4 Å². The van der Waals surface area contributed by atoms with Gasteiger partial charge in [-0.15, -0.1) is 0 Å². The van der Waals surface area contributed by atoms with Crippen LogP contribution in [-0.4, -0.2) is 78.7 Å². The molecule has 8 nitrogen and oxygen atoms in total. The van der Waals surface area contributed by atoms with Gasteiger partial charge in [0.15, 0.2) is 11.3 Å². The van der Waals surface area contributed by atoms with E-state index >= 15 is 0 Å². The van der Waals surface area contributed by atoms with E-state index in [-0.39, 0.29) is 5.97 Å². The molecule has 36 heavy (non-hydrogen) atoms. The van der Waals surface area contributed by atoms with Crippen molar-refractivity contribution in [2.45, 2.75) is 76.2 Å². The molecule has 2 aliphatic carbocycles. The first-order valence-corrected chi connectivity index (χ1v) is 14.3. The molecule has 2 aliphatic heterocycles. The van der Waals surface area contributed by atoms with Crippen LogP contribution in [0.25, 0.3) is 11.0 Å². The first-order chi connectivity index (χ1) is 17.7. The van der Waals surface area contributed by atoms with E-state index in [0.717, 1.165) is 63.6 Å². The monoisotopic (exact) mass is 495 g/mol. The molecule has 4 aliphatic rings. The van der Waals surface area contributed by atoms with E-state index < -0.39 is 0 Å². The van der Waals surface area contributed by atoms with E-state index in [2.05, 4.69) is 14.5 Å². The maximum Gasteiger partial charge on any atom is 0.356 e. The Morgan fingerprint density at radius 2 is 1.75 bits per heavy atom. The van der Waals surface area contributed by atoms with E-state index in [9.17, 15) is 4.79 Å². The molecule has 0 bridgehead atoms. The molecule has 2 saturated heterocycles. The zero-order chi connectivity index (χ0) is 24.5. The van der Waals surface area contributed by atoms with Crippen molar-refractivity contribution in [3.05, 3.63) is 17.5 Å². The SMILES string of the molecule is COC(=O)c1cc(N2CCC(CN3CCOCC3)CC2)c2c(C3CCC3)nn(C3CCCCC3)c2n1. The van der Waals surface area contributed by atoms with Crippen LogP contribution in [0.15, 0.2) is 6.07 Å². The maximum atomic E-state index is 12.7. The summed E-state index contributed by atoms with van der Waals surface area (Å²) in [5, 5.41) is 6.46. The third-order valence-electron chi connectivity index (χ3n) is 9.05. The van der Waals surface area contributed by atoms with Crippen molar-refractivity contribution in [1.82, 2.24) is 19.7 Å². The van der Waals surface area contributed by atoms with Gasteiger partial charge in [0.05, 0.1) is 43.1 Å². The maximum absolute atomic E-state index is 12.7. The van der Waals surface area contributed by atoms with E-state index in [0.29, 0.717) is 23.6 Å². The number of esters is 1. The van der Waals surface area contributed by atoms with E-state index in [1.807, 2.05) is 6.07 Å². The average molecular weight is 496 g/mol. The van der Waals surface area contributed by atoms with E-state index in [1.54, 1.807) is 0 Å². The molecule has 0 spiro atoms. The van der Waals surface area contributed by atoms with E-state index in [1.165, 1.54) is 76.1 Å². The molecule has 4 fully saturated rings. The van der Waals surface area contributed by atoms with Crippen molar-refractivity contribution in [2.75, 3.05) is 57.9 Å². The Morgan fingerprint density at radius 1 is 1.00 bits per heavy atom.